The average molecular weight is 280 g/mol. The summed E-state index contributed by atoms with van der Waals surface area (Å²) in [5.74, 6) is 0. The van der Waals surface area contributed by atoms with Crippen molar-refractivity contribution in [2.75, 3.05) is 24.7 Å². The van der Waals surface area contributed by atoms with Crippen molar-refractivity contribution in [2.24, 2.45) is 0 Å². The largest absolute Gasteiger partial charge is 0.385 e. The summed E-state index contributed by atoms with van der Waals surface area (Å²) < 4.78 is 11.3. The fraction of sp³-hybridized carbons (Fsp3) is 0.600. The zero-order valence-electron chi connectivity index (χ0n) is 11.9. The quantitative estimate of drug-likeness (QED) is 0.786. The van der Waals surface area contributed by atoms with Gasteiger partial charge in [0.1, 0.15) is 0 Å². The summed E-state index contributed by atoms with van der Waals surface area (Å²) in [6.07, 6.45) is 5.15. The lowest BCUT2D eigenvalue weighted by molar-refractivity contribution is 0.628. The van der Waals surface area contributed by atoms with Gasteiger partial charge in [-0.1, -0.05) is 25.1 Å². The second kappa shape index (κ2) is 7.06. The Labute approximate surface area is 118 Å². The van der Waals surface area contributed by atoms with Crippen LogP contribution in [0.25, 0.3) is 0 Å². The first kappa shape index (κ1) is 14.5. The standard InChI is InChI=1S/C15H24N2OS/c1-12(19(2)18)8-10-16-11-14-6-3-5-13-7-4-9-17-15(13)14/h3,5-6,12,16-17H,4,7-11H2,1-2H3. The van der Waals surface area contributed by atoms with E-state index in [2.05, 4.69) is 28.8 Å². The van der Waals surface area contributed by atoms with Crippen molar-refractivity contribution in [1.82, 2.24) is 5.32 Å². The van der Waals surface area contributed by atoms with Gasteiger partial charge in [-0.15, -0.1) is 0 Å². The molecule has 1 aromatic carbocycles. The average Bonchev–Trinajstić information content (AvgIpc) is 2.43. The highest BCUT2D eigenvalue weighted by molar-refractivity contribution is 7.84. The van der Waals surface area contributed by atoms with E-state index in [0.717, 1.165) is 26.1 Å². The summed E-state index contributed by atoms with van der Waals surface area (Å²) in [5.41, 5.74) is 4.12. The van der Waals surface area contributed by atoms with Crippen LogP contribution in [0, 0.1) is 0 Å². The Hall–Kier alpha value is -0.870. The molecule has 0 amide bonds. The molecule has 0 aliphatic carbocycles. The van der Waals surface area contributed by atoms with Crippen LogP contribution >= 0.6 is 0 Å². The number of rotatable bonds is 6. The lowest BCUT2D eigenvalue weighted by atomic mass is 9.99. The predicted octanol–water partition coefficient (Wildman–Crippen LogP) is 2.29. The Morgan fingerprint density at radius 2 is 2.32 bits per heavy atom. The lowest BCUT2D eigenvalue weighted by Crippen LogP contribution is -2.22. The zero-order chi connectivity index (χ0) is 13.7. The minimum atomic E-state index is -0.713. The van der Waals surface area contributed by atoms with Gasteiger partial charge in [-0.3, -0.25) is 4.21 Å². The van der Waals surface area contributed by atoms with Crippen LogP contribution in [0.2, 0.25) is 0 Å². The molecule has 2 atom stereocenters. The molecular formula is C15H24N2OS. The molecule has 0 saturated heterocycles. The number of hydrogen-bond donors (Lipinski definition) is 2. The van der Waals surface area contributed by atoms with Crippen LogP contribution in [-0.2, 0) is 23.8 Å². The minimum absolute atomic E-state index is 0.273. The monoisotopic (exact) mass is 280 g/mol. The summed E-state index contributed by atoms with van der Waals surface area (Å²) in [4.78, 5) is 0. The van der Waals surface area contributed by atoms with Crippen molar-refractivity contribution in [3.8, 4) is 0 Å². The van der Waals surface area contributed by atoms with Crippen LogP contribution < -0.4 is 10.6 Å². The van der Waals surface area contributed by atoms with Crippen molar-refractivity contribution in [2.45, 2.75) is 38.0 Å². The fourth-order valence-corrected chi connectivity index (χ4v) is 2.87. The van der Waals surface area contributed by atoms with Gasteiger partial charge >= 0.3 is 0 Å². The number of hydrogen-bond acceptors (Lipinski definition) is 3. The van der Waals surface area contributed by atoms with Gasteiger partial charge < -0.3 is 10.6 Å². The SMILES string of the molecule is CC(CCNCc1cccc2c1NCCC2)S(C)=O. The molecule has 19 heavy (non-hydrogen) atoms. The molecule has 2 unspecified atom stereocenters. The third-order valence-corrected chi connectivity index (χ3v) is 5.14. The summed E-state index contributed by atoms with van der Waals surface area (Å²) in [7, 11) is -0.713. The second-order valence-corrected chi connectivity index (χ2v) is 7.06. The number of benzene rings is 1. The number of nitrogens with one attached hydrogen (secondary N) is 2. The molecule has 0 spiro atoms. The van der Waals surface area contributed by atoms with Gasteiger partial charge in [0.05, 0.1) is 0 Å². The molecule has 0 fully saturated rings. The van der Waals surface area contributed by atoms with E-state index < -0.39 is 10.8 Å². The van der Waals surface area contributed by atoms with Crippen LogP contribution in [0.1, 0.15) is 30.9 Å². The molecule has 3 nitrogen and oxygen atoms in total. The maximum absolute atomic E-state index is 11.3. The molecular weight excluding hydrogens is 256 g/mol. The Balaban J connectivity index is 1.85. The fourth-order valence-electron chi connectivity index (χ4n) is 2.42. The molecule has 1 heterocycles. The molecule has 1 aliphatic rings. The van der Waals surface area contributed by atoms with Gasteiger partial charge in [0, 0.05) is 41.1 Å². The van der Waals surface area contributed by atoms with Gasteiger partial charge in [-0.05, 0) is 36.9 Å². The minimum Gasteiger partial charge on any atom is -0.385 e. The number of anilines is 1. The maximum atomic E-state index is 11.3. The highest BCUT2D eigenvalue weighted by Gasteiger charge is 2.12. The summed E-state index contributed by atoms with van der Waals surface area (Å²) in [5, 5.41) is 7.25. The van der Waals surface area contributed by atoms with E-state index in [0.29, 0.717) is 0 Å². The van der Waals surface area contributed by atoms with E-state index in [9.17, 15) is 4.21 Å². The molecule has 1 aliphatic heterocycles. The molecule has 4 heteroatoms. The highest BCUT2D eigenvalue weighted by atomic mass is 32.2. The van der Waals surface area contributed by atoms with Crippen molar-refractivity contribution in [3.05, 3.63) is 29.3 Å². The third-order valence-electron chi connectivity index (χ3n) is 3.77. The third kappa shape index (κ3) is 4.05. The van der Waals surface area contributed by atoms with Crippen LogP contribution in [0.4, 0.5) is 5.69 Å². The Bertz CT molecular complexity index is 448. The Kier molecular flexibility index (Phi) is 5.40. The molecule has 0 bridgehead atoms. The zero-order valence-corrected chi connectivity index (χ0v) is 12.7. The number of fused-ring (bicyclic) bond motifs is 1. The Morgan fingerprint density at radius 3 is 3.11 bits per heavy atom. The molecule has 0 radical (unpaired) electrons. The van der Waals surface area contributed by atoms with Gasteiger partial charge in [-0.25, -0.2) is 0 Å². The van der Waals surface area contributed by atoms with E-state index in [4.69, 9.17) is 0 Å². The maximum Gasteiger partial charge on any atom is 0.0418 e. The van der Waals surface area contributed by atoms with Gasteiger partial charge in [0.2, 0.25) is 0 Å². The van der Waals surface area contributed by atoms with Gasteiger partial charge in [0.25, 0.3) is 0 Å². The smallest absolute Gasteiger partial charge is 0.0418 e. The van der Waals surface area contributed by atoms with E-state index in [1.165, 1.54) is 29.7 Å². The van der Waals surface area contributed by atoms with Crippen molar-refractivity contribution < 1.29 is 4.21 Å². The Morgan fingerprint density at radius 1 is 1.47 bits per heavy atom. The van der Waals surface area contributed by atoms with Crippen LogP contribution in [0.3, 0.4) is 0 Å². The van der Waals surface area contributed by atoms with E-state index in [-0.39, 0.29) is 5.25 Å². The molecule has 2 rings (SSSR count). The molecule has 106 valence electrons. The predicted molar refractivity (Wildman–Crippen MR) is 83.1 cm³/mol. The topological polar surface area (TPSA) is 41.1 Å². The summed E-state index contributed by atoms with van der Waals surface area (Å²) in [6, 6.07) is 6.55. The first-order valence-electron chi connectivity index (χ1n) is 7.06. The van der Waals surface area contributed by atoms with Gasteiger partial charge in [-0.2, -0.15) is 0 Å². The van der Waals surface area contributed by atoms with Crippen LogP contribution in [-0.4, -0.2) is 28.8 Å². The van der Waals surface area contributed by atoms with Crippen molar-refractivity contribution >= 4 is 16.5 Å². The van der Waals surface area contributed by atoms with Crippen LogP contribution in [0.15, 0.2) is 18.2 Å². The molecule has 0 aromatic heterocycles. The summed E-state index contributed by atoms with van der Waals surface area (Å²) >= 11 is 0. The molecule has 1 aromatic rings. The highest BCUT2D eigenvalue weighted by Crippen LogP contribution is 2.25. The number of aryl methyl sites for hydroxylation is 1. The van der Waals surface area contributed by atoms with E-state index >= 15 is 0 Å². The van der Waals surface area contributed by atoms with Crippen molar-refractivity contribution in [3.63, 3.8) is 0 Å². The van der Waals surface area contributed by atoms with E-state index in [1.54, 1.807) is 6.26 Å². The molecule has 2 N–H and O–H groups in total. The van der Waals surface area contributed by atoms with Gasteiger partial charge in [0.15, 0.2) is 0 Å². The normalized spacial score (nSPS) is 17.4. The van der Waals surface area contributed by atoms with Crippen LogP contribution in [0.5, 0.6) is 0 Å². The van der Waals surface area contributed by atoms with Crippen molar-refractivity contribution in [1.29, 1.82) is 0 Å². The second-order valence-electron chi connectivity index (χ2n) is 5.26. The number of para-hydroxylation sites is 1. The van der Waals surface area contributed by atoms with E-state index in [1.807, 2.05) is 6.92 Å². The lowest BCUT2D eigenvalue weighted by Gasteiger charge is -2.21. The first-order chi connectivity index (χ1) is 9.18. The first-order valence-corrected chi connectivity index (χ1v) is 8.68. The molecule has 0 saturated carbocycles. The summed E-state index contributed by atoms with van der Waals surface area (Å²) in [6.45, 7) is 4.93.